The molecular formula is C33H28ClFN4O3S. The van der Waals surface area contributed by atoms with E-state index in [1.165, 1.54) is 35.2 Å². The lowest BCUT2D eigenvalue weighted by Crippen LogP contribution is -2.17. The zero-order valence-electron chi connectivity index (χ0n) is 23.4. The first-order chi connectivity index (χ1) is 20.9. The molecule has 43 heavy (non-hydrogen) atoms. The molecule has 0 radical (unpaired) electrons. The molecule has 5 rings (SSSR count). The van der Waals surface area contributed by atoms with Crippen LogP contribution >= 0.6 is 22.9 Å². The molecule has 1 aromatic heterocycles. The Labute approximate surface area is 258 Å². The second kappa shape index (κ2) is 14.0. The fourth-order valence-electron chi connectivity index (χ4n) is 4.09. The topological polar surface area (TPSA) is 84.8 Å². The fraction of sp³-hybridized carbons (Fsp3) is 0.121. The van der Waals surface area contributed by atoms with E-state index in [-0.39, 0.29) is 18.3 Å². The van der Waals surface area contributed by atoms with Crippen LogP contribution in [0.3, 0.4) is 0 Å². The van der Waals surface area contributed by atoms with Crippen molar-refractivity contribution in [3.8, 4) is 22.8 Å². The van der Waals surface area contributed by atoms with Crippen molar-refractivity contribution < 1.29 is 18.7 Å². The number of thiazole rings is 1. The largest absolute Gasteiger partial charge is 0.490 e. The standard InChI is InChI=1S/C33H28ClFN4O3S/c1-3-41-30-17-23(16-28(34)31(30)42-19-22-5-4-6-26(35)15-22)18-36-39-32(40)25-11-9-24(10-12-25)29-20-43-33(38-29)37-27-13-7-21(2)8-14-27/h4-18,20H,3,19H2,1-2H3,(H,37,38)(H,39,40)/b36-18-. The average molecular weight is 615 g/mol. The number of hydrogen-bond acceptors (Lipinski definition) is 7. The number of rotatable bonds is 11. The van der Waals surface area contributed by atoms with E-state index in [9.17, 15) is 9.18 Å². The Bertz CT molecular complexity index is 1740. The molecule has 218 valence electrons. The van der Waals surface area contributed by atoms with Crippen molar-refractivity contribution in [2.24, 2.45) is 5.10 Å². The maximum Gasteiger partial charge on any atom is 0.271 e. The quantitative estimate of drug-likeness (QED) is 0.115. The smallest absolute Gasteiger partial charge is 0.271 e. The van der Waals surface area contributed by atoms with Crippen LogP contribution in [0.5, 0.6) is 11.5 Å². The molecule has 7 nitrogen and oxygen atoms in total. The van der Waals surface area contributed by atoms with Crippen molar-refractivity contribution in [1.82, 2.24) is 10.4 Å². The molecular weight excluding hydrogens is 587 g/mol. The van der Waals surface area contributed by atoms with Gasteiger partial charge in [-0.05, 0) is 73.5 Å². The van der Waals surface area contributed by atoms with E-state index in [4.69, 9.17) is 21.1 Å². The molecule has 0 aliphatic carbocycles. The van der Waals surface area contributed by atoms with E-state index in [0.29, 0.717) is 39.8 Å². The van der Waals surface area contributed by atoms with Crippen LogP contribution in [0, 0.1) is 12.7 Å². The van der Waals surface area contributed by atoms with Crippen LogP contribution in [0.25, 0.3) is 11.3 Å². The molecule has 2 N–H and O–H groups in total. The molecule has 0 spiro atoms. The second-order valence-corrected chi connectivity index (χ2v) is 10.8. The lowest BCUT2D eigenvalue weighted by molar-refractivity contribution is 0.0955. The van der Waals surface area contributed by atoms with E-state index in [1.54, 1.807) is 36.4 Å². The van der Waals surface area contributed by atoms with Gasteiger partial charge in [0.05, 0.1) is 23.5 Å². The molecule has 0 saturated carbocycles. The molecule has 0 saturated heterocycles. The van der Waals surface area contributed by atoms with Gasteiger partial charge in [-0.15, -0.1) is 11.3 Å². The average Bonchev–Trinajstić information content (AvgIpc) is 3.47. The van der Waals surface area contributed by atoms with Crippen molar-refractivity contribution in [2.45, 2.75) is 20.5 Å². The molecule has 0 aliphatic heterocycles. The molecule has 4 aromatic carbocycles. The van der Waals surface area contributed by atoms with Crippen LogP contribution in [0.2, 0.25) is 5.02 Å². The summed E-state index contributed by atoms with van der Waals surface area (Å²) in [5.41, 5.74) is 8.12. The molecule has 1 amide bonds. The number of amides is 1. The summed E-state index contributed by atoms with van der Waals surface area (Å²) in [5.74, 6) is 0.0391. The summed E-state index contributed by atoms with van der Waals surface area (Å²) < 4.78 is 25.1. The summed E-state index contributed by atoms with van der Waals surface area (Å²) in [4.78, 5) is 17.4. The van der Waals surface area contributed by atoms with Crippen LogP contribution in [0.4, 0.5) is 15.2 Å². The molecule has 0 fully saturated rings. The first-order valence-corrected chi connectivity index (χ1v) is 14.7. The maximum atomic E-state index is 13.5. The monoisotopic (exact) mass is 614 g/mol. The lowest BCUT2D eigenvalue weighted by Gasteiger charge is -2.14. The summed E-state index contributed by atoms with van der Waals surface area (Å²) in [6.45, 7) is 4.39. The predicted octanol–water partition coefficient (Wildman–Crippen LogP) is 8.40. The minimum absolute atomic E-state index is 0.119. The number of aromatic nitrogens is 1. The number of nitrogens with one attached hydrogen (secondary N) is 2. The highest BCUT2D eigenvalue weighted by molar-refractivity contribution is 7.14. The van der Waals surface area contributed by atoms with E-state index in [2.05, 4.69) is 20.8 Å². The molecule has 1 heterocycles. The van der Waals surface area contributed by atoms with E-state index >= 15 is 0 Å². The molecule has 0 atom stereocenters. The van der Waals surface area contributed by atoms with Gasteiger partial charge >= 0.3 is 0 Å². The predicted molar refractivity (Wildman–Crippen MR) is 170 cm³/mol. The zero-order valence-corrected chi connectivity index (χ0v) is 25.0. The summed E-state index contributed by atoms with van der Waals surface area (Å²) in [6, 6.07) is 24.7. The number of hydrogen-bond donors (Lipinski definition) is 2. The number of anilines is 2. The van der Waals surface area contributed by atoms with Gasteiger partial charge in [0.2, 0.25) is 0 Å². The Morgan fingerprint density at radius 1 is 1.05 bits per heavy atom. The number of benzene rings is 4. The Morgan fingerprint density at radius 3 is 2.58 bits per heavy atom. The number of ether oxygens (including phenoxy) is 2. The van der Waals surface area contributed by atoms with Crippen molar-refractivity contribution in [3.05, 3.63) is 123 Å². The lowest BCUT2D eigenvalue weighted by atomic mass is 10.1. The summed E-state index contributed by atoms with van der Waals surface area (Å²) >= 11 is 7.99. The third-order valence-electron chi connectivity index (χ3n) is 6.23. The van der Waals surface area contributed by atoms with E-state index in [0.717, 1.165) is 22.1 Å². The van der Waals surface area contributed by atoms with Crippen LogP contribution in [-0.2, 0) is 6.61 Å². The van der Waals surface area contributed by atoms with Crippen molar-refractivity contribution in [1.29, 1.82) is 0 Å². The first-order valence-electron chi connectivity index (χ1n) is 13.4. The highest BCUT2D eigenvalue weighted by atomic mass is 35.5. The van der Waals surface area contributed by atoms with Gasteiger partial charge in [-0.2, -0.15) is 5.10 Å². The third kappa shape index (κ3) is 7.97. The van der Waals surface area contributed by atoms with Gasteiger partial charge in [-0.25, -0.2) is 14.8 Å². The van der Waals surface area contributed by atoms with Crippen molar-refractivity contribution >= 4 is 45.9 Å². The molecule has 0 bridgehead atoms. The van der Waals surface area contributed by atoms with Crippen LogP contribution in [0.1, 0.15) is 34.0 Å². The van der Waals surface area contributed by atoms with Gasteiger partial charge in [-0.3, -0.25) is 4.79 Å². The van der Waals surface area contributed by atoms with Crippen molar-refractivity contribution in [3.63, 3.8) is 0 Å². The van der Waals surface area contributed by atoms with Gasteiger partial charge < -0.3 is 14.8 Å². The van der Waals surface area contributed by atoms with Crippen LogP contribution in [-0.4, -0.2) is 23.7 Å². The van der Waals surface area contributed by atoms with Gasteiger partial charge in [0.1, 0.15) is 12.4 Å². The number of hydrazone groups is 1. The minimum Gasteiger partial charge on any atom is -0.490 e. The number of nitrogens with zero attached hydrogens (tertiary/aromatic N) is 2. The number of halogens is 2. The Balaban J connectivity index is 1.20. The van der Waals surface area contributed by atoms with Gasteiger partial charge in [-0.1, -0.05) is 53.6 Å². The minimum atomic E-state index is -0.367. The van der Waals surface area contributed by atoms with Crippen LogP contribution in [0.15, 0.2) is 95.4 Å². The van der Waals surface area contributed by atoms with Gasteiger partial charge in [0, 0.05) is 22.2 Å². The second-order valence-electron chi connectivity index (χ2n) is 9.49. The molecule has 0 unspecified atom stereocenters. The van der Waals surface area contributed by atoms with E-state index < -0.39 is 0 Å². The normalized spacial score (nSPS) is 11.0. The highest BCUT2D eigenvalue weighted by Crippen LogP contribution is 2.37. The summed E-state index contributed by atoms with van der Waals surface area (Å²) in [7, 11) is 0. The Hall–Kier alpha value is -4.73. The van der Waals surface area contributed by atoms with Crippen molar-refractivity contribution in [2.75, 3.05) is 11.9 Å². The Kier molecular flexibility index (Phi) is 9.66. The molecule has 5 aromatic rings. The number of aryl methyl sites for hydroxylation is 1. The van der Waals surface area contributed by atoms with Gasteiger partial charge in [0.25, 0.3) is 5.91 Å². The van der Waals surface area contributed by atoms with Gasteiger partial charge in [0.15, 0.2) is 16.6 Å². The fourth-order valence-corrected chi connectivity index (χ4v) is 5.11. The third-order valence-corrected chi connectivity index (χ3v) is 7.27. The molecule has 0 aliphatic rings. The van der Waals surface area contributed by atoms with Crippen LogP contribution < -0.4 is 20.2 Å². The van der Waals surface area contributed by atoms with E-state index in [1.807, 2.05) is 55.6 Å². The number of carbonyl (C=O) groups is 1. The highest BCUT2D eigenvalue weighted by Gasteiger charge is 2.13. The number of carbonyl (C=O) groups excluding carboxylic acids is 1. The Morgan fingerprint density at radius 2 is 1.84 bits per heavy atom. The maximum absolute atomic E-state index is 13.5. The zero-order chi connectivity index (χ0) is 30.2. The summed E-state index contributed by atoms with van der Waals surface area (Å²) in [6.07, 6.45) is 1.47. The summed E-state index contributed by atoms with van der Waals surface area (Å²) in [5, 5.41) is 10.4. The SMILES string of the molecule is CCOc1cc(/C=N\NC(=O)c2ccc(-c3csc(Nc4ccc(C)cc4)n3)cc2)cc(Cl)c1OCc1cccc(F)c1. The molecule has 10 heteroatoms. The first kappa shape index (κ1) is 29.8.